The predicted molar refractivity (Wildman–Crippen MR) is 123 cm³/mol. The van der Waals surface area contributed by atoms with E-state index in [-0.39, 0.29) is 24.3 Å². The zero-order valence-corrected chi connectivity index (χ0v) is 18.1. The molecule has 1 fully saturated rings. The van der Waals surface area contributed by atoms with E-state index >= 15 is 0 Å². The summed E-state index contributed by atoms with van der Waals surface area (Å²) in [5.41, 5.74) is 6.69. The SMILES string of the molecule is NC(=O)CCSc1ccccc1NC(=O)N1CCN(CC(=O)Nc2ccccc2)CC1. The van der Waals surface area contributed by atoms with Crippen LogP contribution in [0.3, 0.4) is 0 Å². The molecule has 0 unspecified atom stereocenters. The fourth-order valence-electron chi connectivity index (χ4n) is 3.19. The summed E-state index contributed by atoms with van der Waals surface area (Å²) in [4.78, 5) is 40.6. The van der Waals surface area contributed by atoms with Crippen LogP contribution < -0.4 is 16.4 Å². The summed E-state index contributed by atoms with van der Waals surface area (Å²) in [7, 11) is 0. The van der Waals surface area contributed by atoms with Gasteiger partial charge in [0.05, 0.1) is 12.2 Å². The first kappa shape index (κ1) is 22.6. The lowest BCUT2D eigenvalue weighted by Crippen LogP contribution is -2.51. The fraction of sp³-hybridized carbons (Fsp3) is 0.318. The Morgan fingerprint density at radius 3 is 2.29 bits per heavy atom. The summed E-state index contributed by atoms with van der Waals surface area (Å²) >= 11 is 1.49. The smallest absolute Gasteiger partial charge is 0.321 e. The average Bonchev–Trinajstić information content (AvgIpc) is 2.76. The number of piperazine rings is 1. The second kappa shape index (κ2) is 11.4. The Labute approximate surface area is 186 Å². The third kappa shape index (κ3) is 7.30. The van der Waals surface area contributed by atoms with Gasteiger partial charge in [-0.05, 0) is 24.3 Å². The third-order valence-electron chi connectivity index (χ3n) is 4.82. The zero-order chi connectivity index (χ0) is 22.1. The normalized spacial score (nSPS) is 14.1. The first-order valence-electron chi connectivity index (χ1n) is 10.1. The molecule has 2 aromatic rings. The number of rotatable bonds is 8. The van der Waals surface area contributed by atoms with Crippen molar-refractivity contribution in [3.63, 3.8) is 0 Å². The molecule has 8 nitrogen and oxygen atoms in total. The summed E-state index contributed by atoms with van der Waals surface area (Å²) in [6.45, 7) is 2.64. The van der Waals surface area contributed by atoms with Crippen molar-refractivity contribution in [1.82, 2.24) is 9.80 Å². The van der Waals surface area contributed by atoms with Crippen molar-refractivity contribution < 1.29 is 14.4 Å². The van der Waals surface area contributed by atoms with Crippen LogP contribution in [0, 0.1) is 0 Å². The molecule has 0 aliphatic carbocycles. The molecule has 2 aromatic carbocycles. The number of nitrogens with one attached hydrogen (secondary N) is 2. The number of thioether (sulfide) groups is 1. The van der Waals surface area contributed by atoms with Gasteiger partial charge in [0.25, 0.3) is 0 Å². The van der Waals surface area contributed by atoms with Gasteiger partial charge < -0.3 is 21.3 Å². The summed E-state index contributed by atoms with van der Waals surface area (Å²) in [5, 5.41) is 5.84. The molecule has 1 aliphatic heterocycles. The molecule has 0 spiro atoms. The van der Waals surface area contributed by atoms with E-state index in [1.165, 1.54) is 11.8 Å². The summed E-state index contributed by atoms with van der Waals surface area (Å²) < 4.78 is 0. The predicted octanol–water partition coefficient (Wildman–Crippen LogP) is 2.44. The monoisotopic (exact) mass is 441 g/mol. The molecule has 1 saturated heterocycles. The minimum Gasteiger partial charge on any atom is -0.370 e. The number of hydrogen-bond donors (Lipinski definition) is 3. The lowest BCUT2D eigenvalue weighted by atomic mass is 10.3. The van der Waals surface area contributed by atoms with Crippen LogP contribution >= 0.6 is 11.8 Å². The molecular formula is C22H27N5O3S. The Hall–Kier alpha value is -3.04. The van der Waals surface area contributed by atoms with Crippen LogP contribution in [0.1, 0.15) is 6.42 Å². The maximum Gasteiger partial charge on any atom is 0.321 e. The number of benzene rings is 2. The van der Waals surface area contributed by atoms with Gasteiger partial charge in [-0.15, -0.1) is 11.8 Å². The largest absolute Gasteiger partial charge is 0.370 e. The van der Waals surface area contributed by atoms with Crippen LogP contribution in [0.25, 0.3) is 0 Å². The van der Waals surface area contributed by atoms with E-state index < -0.39 is 0 Å². The van der Waals surface area contributed by atoms with Crippen LogP contribution in [0.5, 0.6) is 0 Å². The van der Waals surface area contributed by atoms with Gasteiger partial charge in [-0.1, -0.05) is 30.3 Å². The van der Waals surface area contributed by atoms with E-state index in [0.717, 1.165) is 10.6 Å². The molecule has 3 rings (SSSR count). The Morgan fingerprint density at radius 2 is 1.58 bits per heavy atom. The van der Waals surface area contributed by atoms with Gasteiger partial charge in [0.15, 0.2) is 0 Å². The highest BCUT2D eigenvalue weighted by Gasteiger charge is 2.23. The van der Waals surface area contributed by atoms with Crippen LogP contribution in [0.2, 0.25) is 0 Å². The lowest BCUT2D eigenvalue weighted by Gasteiger charge is -2.34. The maximum absolute atomic E-state index is 12.7. The lowest BCUT2D eigenvalue weighted by molar-refractivity contribution is -0.118. The topological polar surface area (TPSA) is 108 Å². The molecule has 4 amide bonds. The summed E-state index contributed by atoms with van der Waals surface area (Å²) in [6.07, 6.45) is 0.284. The van der Waals surface area contributed by atoms with Crippen molar-refractivity contribution in [3.05, 3.63) is 54.6 Å². The van der Waals surface area contributed by atoms with E-state index in [2.05, 4.69) is 10.6 Å². The van der Waals surface area contributed by atoms with E-state index in [1.54, 1.807) is 4.90 Å². The number of nitrogens with zero attached hydrogens (tertiary/aromatic N) is 2. The molecule has 1 aliphatic rings. The van der Waals surface area contributed by atoms with Crippen LogP contribution in [0.4, 0.5) is 16.2 Å². The molecule has 4 N–H and O–H groups in total. The van der Waals surface area contributed by atoms with Crippen molar-refractivity contribution in [2.24, 2.45) is 5.73 Å². The number of urea groups is 1. The Bertz CT molecular complexity index is 901. The van der Waals surface area contributed by atoms with Crippen molar-refractivity contribution in [1.29, 1.82) is 0 Å². The van der Waals surface area contributed by atoms with Gasteiger partial charge >= 0.3 is 6.03 Å². The van der Waals surface area contributed by atoms with Crippen LogP contribution in [0.15, 0.2) is 59.5 Å². The number of primary amides is 1. The van der Waals surface area contributed by atoms with E-state index in [9.17, 15) is 14.4 Å². The Balaban J connectivity index is 1.45. The Morgan fingerprint density at radius 1 is 0.903 bits per heavy atom. The van der Waals surface area contributed by atoms with Gasteiger partial charge in [0, 0.05) is 48.9 Å². The standard InChI is InChI=1S/C22H27N5O3S/c23-20(28)10-15-31-19-9-5-4-8-18(19)25-22(30)27-13-11-26(12-14-27)16-21(29)24-17-6-2-1-3-7-17/h1-9H,10-16H2,(H2,23,28)(H,24,29)(H,25,30). The van der Waals surface area contributed by atoms with Gasteiger partial charge in [0.1, 0.15) is 0 Å². The highest BCUT2D eigenvalue weighted by atomic mass is 32.2. The van der Waals surface area contributed by atoms with Gasteiger partial charge in [-0.3, -0.25) is 14.5 Å². The second-order valence-electron chi connectivity index (χ2n) is 7.17. The summed E-state index contributed by atoms with van der Waals surface area (Å²) in [6, 6.07) is 16.7. The summed E-state index contributed by atoms with van der Waals surface area (Å²) in [5.74, 6) is 0.154. The minimum absolute atomic E-state index is 0.0639. The second-order valence-corrected chi connectivity index (χ2v) is 8.31. The number of hydrogen-bond acceptors (Lipinski definition) is 5. The van der Waals surface area contributed by atoms with E-state index in [0.29, 0.717) is 44.2 Å². The first-order valence-corrected chi connectivity index (χ1v) is 11.1. The number of para-hydroxylation sites is 2. The number of nitrogens with two attached hydrogens (primary N) is 1. The van der Waals surface area contributed by atoms with Crippen molar-refractivity contribution in [2.45, 2.75) is 11.3 Å². The van der Waals surface area contributed by atoms with Crippen LogP contribution in [-0.2, 0) is 9.59 Å². The van der Waals surface area contributed by atoms with Gasteiger partial charge in [-0.25, -0.2) is 4.79 Å². The van der Waals surface area contributed by atoms with E-state index in [1.807, 2.05) is 59.5 Å². The van der Waals surface area contributed by atoms with Crippen molar-refractivity contribution in [3.8, 4) is 0 Å². The number of amides is 4. The van der Waals surface area contributed by atoms with E-state index in [4.69, 9.17) is 5.73 Å². The zero-order valence-electron chi connectivity index (χ0n) is 17.3. The number of carbonyl (C=O) groups is 3. The molecule has 0 radical (unpaired) electrons. The third-order valence-corrected chi connectivity index (χ3v) is 5.89. The maximum atomic E-state index is 12.7. The van der Waals surface area contributed by atoms with Crippen LogP contribution in [-0.4, -0.2) is 66.1 Å². The highest BCUT2D eigenvalue weighted by molar-refractivity contribution is 7.99. The van der Waals surface area contributed by atoms with Crippen molar-refractivity contribution in [2.75, 3.05) is 49.1 Å². The van der Waals surface area contributed by atoms with Gasteiger partial charge in [0.2, 0.25) is 11.8 Å². The molecule has 164 valence electrons. The van der Waals surface area contributed by atoms with Gasteiger partial charge in [-0.2, -0.15) is 0 Å². The minimum atomic E-state index is -0.343. The van der Waals surface area contributed by atoms with Crippen molar-refractivity contribution >= 4 is 41.0 Å². The molecule has 0 atom stereocenters. The fourth-order valence-corrected chi connectivity index (χ4v) is 4.16. The molecule has 0 aromatic heterocycles. The quantitative estimate of drug-likeness (QED) is 0.546. The first-order chi connectivity index (χ1) is 15.0. The Kier molecular flexibility index (Phi) is 8.31. The average molecular weight is 442 g/mol. The number of anilines is 2. The number of carbonyl (C=O) groups excluding carboxylic acids is 3. The molecule has 31 heavy (non-hydrogen) atoms. The molecule has 1 heterocycles. The molecule has 9 heteroatoms. The highest BCUT2D eigenvalue weighted by Crippen LogP contribution is 2.27. The molecule has 0 bridgehead atoms. The molecular weight excluding hydrogens is 414 g/mol. The molecule has 0 saturated carbocycles.